The van der Waals surface area contributed by atoms with Crippen LogP contribution in [0.4, 0.5) is 0 Å². The summed E-state index contributed by atoms with van der Waals surface area (Å²) in [7, 11) is 0. The molecule has 2 aliphatic rings. The summed E-state index contributed by atoms with van der Waals surface area (Å²) in [5, 5.41) is 3.60. The lowest BCUT2D eigenvalue weighted by Crippen LogP contribution is -2.65. The molecular formula is C15H27NO2. The van der Waals surface area contributed by atoms with E-state index in [0.29, 0.717) is 18.4 Å². The molecule has 0 radical (unpaired) electrons. The van der Waals surface area contributed by atoms with Crippen molar-refractivity contribution in [3.63, 3.8) is 0 Å². The predicted octanol–water partition coefficient (Wildman–Crippen LogP) is 2.89. The fourth-order valence-electron chi connectivity index (χ4n) is 3.34. The zero-order chi connectivity index (χ0) is 13.0. The van der Waals surface area contributed by atoms with E-state index in [2.05, 4.69) is 12.2 Å². The van der Waals surface area contributed by atoms with Gasteiger partial charge in [-0.3, -0.25) is 4.79 Å². The van der Waals surface area contributed by atoms with Gasteiger partial charge in [-0.2, -0.15) is 0 Å². The maximum atomic E-state index is 12.6. The molecule has 0 aromatic rings. The van der Waals surface area contributed by atoms with E-state index >= 15 is 0 Å². The van der Waals surface area contributed by atoms with Crippen LogP contribution >= 0.6 is 0 Å². The monoisotopic (exact) mass is 253 g/mol. The largest absolute Gasteiger partial charge is 0.465 e. The van der Waals surface area contributed by atoms with Crippen molar-refractivity contribution >= 4 is 5.97 Å². The van der Waals surface area contributed by atoms with Gasteiger partial charge in [-0.25, -0.2) is 0 Å². The van der Waals surface area contributed by atoms with Gasteiger partial charge in [0, 0.05) is 0 Å². The first-order valence-corrected chi connectivity index (χ1v) is 7.68. The van der Waals surface area contributed by atoms with E-state index in [-0.39, 0.29) is 11.5 Å². The Morgan fingerprint density at radius 3 is 2.06 bits per heavy atom. The maximum absolute atomic E-state index is 12.6. The van der Waals surface area contributed by atoms with Crippen molar-refractivity contribution in [2.24, 2.45) is 11.8 Å². The molecule has 3 heteroatoms. The summed E-state index contributed by atoms with van der Waals surface area (Å²) >= 11 is 0. The Hall–Kier alpha value is -0.570. The molecule has 0 unspecified atom stereocenters. The van der Waals surface area contributed by atoms with E-state index in [9.17, 15) is 4.79 Å². The summed E-state index contributed by atoms with van der Waals surface area (Å²) in [6.45, 7) is 5.48. The first-order valence-electron chi connectivity index (χ1n) is 7.68. The number of hydrogen-bond acceptors (Lipinski definition) is 3. The number of hydrogen-bond donors (Lipinski definition) is 1. The third-order valence-corrected chi connectivity index (χ3v) is 4.78. The summed E-state index contributed by atoms with van der Waals surface area (Å²) in [6, 6.07) is 0. The molecule has 0 bridgehead atoms. The Labute approximate surface area is 111 Å². The molecule has 2 rings (SSSR count). The van der Waals surface area contributed by atoms with E-state index in [1.807, 2.05) is 6.92 Å². The van der Waals surface area contributed by atoms with Crippen molar-refractivity contribution < 1.29 is 9.53 Å². The molecule has 104 valence electrons. The van der Waals surface area contributed by atoms with Crippen molar-refractivity contribution in [3.05, 3.63) is 0 Å². The second-order valence-electron chi connectivity index (χ2n) is 5.77. The standard InChI is InChI=1S/C15H27NO2/c1-3-11-16-15(12-7-5-8-12,13-9-6-10-13)14(17)18-4-2/h12-13,16H,3-11H2,1-2H3. The summed E-state index contributed by atoms with van der Waals surface area (Å²) in [4.78, 5) is 12.6. The predicted molar refractivity (Wildman–Crippen MR) is 72.3 cm³/mol. The van der Waals surface area contributed by atoms with Crippen LogP contribution in [0.3, 0.4) is 0 Å². The van der Waals surface area contributed by atoms with Gasteiger partial charge in [-0.1, -0.05) is 19.8 Å². The summed E-state index contributed by atoms with van der Waals surface area (Å²) in [5.41, 5.74) is -0.359. The lowest BCUT2D eigenvalue weighted by atomic mass is 9.59. The van der Waals surface area contributed by atoms with Gasteiger partial charge in [0.25, 0.3) is 0 Å². The minimum atomic E-state index is -0.359. The smallest absolute Gasteiger partial charge is 0.326 e. The second-order valence-corrected chi connectivity index (χ2v) is 5.77. The molecule has 2 aliphatic carbocycles. The van der Waals surface area contributed by atoms with E-state index in [4.69, 9.17) is 4.74 Å². The van der Waals surface area contributed by atoms with Gasteiger partial charge in [0.1, 0.15) is 5.54 Å². The molecular weight excluding hydrogens is 226 g/mol. The third kappa shape index (κ3) is 2.29. The number of carbonyl (C=O) groups excluding carboxylic acids is 1. The Morgan fingerprint density at radius 2 is 1.72 bits per heavy atom. The Bertz CT molecular complexity index is 268. The quantitative estimate of drug-likeness (QED) is 0.709. The number of rotatable bonds is 7. The van der Waals surface area contributed by atoms with E-state index in [1.165, 1.54) is 38.5 Å². The van der Waals surface area contributed by atoms with Crippen LogP contribution in [0.5, 0.6) is 0 Å². The molecule has 0 aromatic heterocycles. The van der Waals surface area contributed by atoms with Gasteiger partial charge >= 0.3 is 5.97 Å². The van der Waals surface area contributed by atoms with Crippen LogP contribution in [-0.4, -0.2) is 24.7 Å². The van der Waals surface area contributed by atoms with Crippen LogP contribution in [-0.2, 0) is 9.53 Å². The fraction of sp³-hybridized carbons (Fsp3) is 0.933. The number of ether oxygens (including phenoxy) is 1. The fourth-order valence-corrected chi connectivity index (χ4v) is 3.34. The minimum Gasteiger partial charge on any atom is -0.465 e. The van der Waals surface area contributed by atoms with Gasteiger partial charge in [0.15, 0.2) is 0 Å². The lowest BCUT2D eigenvalue weighted by Gasteiger charge is -2.51. The van der Waals surface area contributed by atoms with Gasteiger partial charge in [0.2, 0.25) is 0 Å². The molecule has 2 saturated carbocycles. The van der Waals surface area contributed by atoms with Gasteiger partial charge in [-0.05, 0) is 57.4 Å². The van der Waals surface area contributed by atoms with E-state index in [1.54, 1.807) is 0 Å². The summed E-state index contributed by atoms with van der Waals surface area (Å²) in [6.07, 6.45) is 8.36. The first-order chi connectivity index (χ1) is 8.75. The normalized spacial score (nSPS) is 21.2. The van der Waals surface area contributed by atoms with Crippen molar-refractivity contribution in [1.82, 2.24) is 5.32 Å². The van der Waals surface area contributed by atoms with Crippen molar-refractivity contribution in [1.29, 1.82) is 0 Å². The molecule has 2 fully saturated rings. The molecule has 18 heavy (non-hydrogen) atoms. The zero-order valence-electron chi connectivity index (χ0n) is 11.8. The summed E-state index contributed by atoms with van der Waals surface area (Å²) in [5.74, 6) is 1.04. The third-order valence-electron chi connectivity index (χ3n) is 4.78. The molecule has 0 saturated heterocycles. The highest BCUT2D eigenvalue weighted by Gasteiger charge is 2.55. The highest BCUT2D eigenvalue weighted by Crippen LogP contribution is 2.48. The molecule has 3 nitrogen and oxygen atoms in total. The minimum absolute atomic E-state index is 0.0212. The average Bonchev–Trinajstić information content (AvgIpc) is 2.20. The first kappa shape index (κ1) is 13.9. The Kier molecular flexibility index (Phi) is 4.66. The molecule has 1 N–H and O–H groups in total. The number of carbonyl (C=O) groups is 1. The summed E-state index contributed by atoms with van der Waals surface area (Å²) < 4.78 is 5.42. The highest BCUT2D eigenvalue weighted by molar-refractivity contribution is 5.82. The van der Waals surface area contributed by atoms with Crippen molar-refractivity contribution in [3.8, 4) is 0 Å². The average molecular weight is 253 g/mol. The van der Waals surface area contributed by atoms with E-state index in [0.717, 1.165) is 13.0 Å². The molecule has 0 amide bonds. The second kappa shape index (κ2) is 6.05. The van der Waals surface area contributed by atoms with Crippen LogP contribution in [0, 0.1) is 11.8 Å². The molecule has 0 atom stereocenters. The zero-order valence-corrected chi connectivity index (χ0v) is 11.8. The van der Waals surface area contributed by atoms with Crippen molar-refractivity contribution in [2.75, 3.05) is 13.2 Å². The maximum Gasteiger partial charge on any atom is 0.326 e. The van der Waals surface area contributed by atoms with Crippen molar-refractivity contribution in [2.45, 2.75) is 64.3 Å². The van der Waals surface area contributed by atoms with Gasteiger partial charge in [-0.15, -0.1) is 0 Å². The Morgan fingerprint density at radius 1 is 1.17 bits per heavy atom. The number of nitrogens with one attached hydrogen (secondary N) is 1. The topological polar surface area (TPSA) is 38.3 Å². The van der Waals surface area contributed by atoms with Crippen LogP contribution < -0.4 is 5.32 Å². The molecule has 0 spiro atoms. The molecule has 0 heterocycles. The molecule has 0 aromatic carbocycles. The Balaban J connectivity index is 2.17. The SMILES string of the molecule is CCCNC(C(=O)OCC)(C1CCC1)C1CCC1. The van der Waals surface area contributed by atoms with Gasteiger partial charge in [0.05, 0.1) is 6.61 Å². The molecule has 0 aliphatic heterocycles. The van der Waals surface area contributed by atoms with Crippen LogP contribution in [0.2, 0.25) is 0 Å². The van der Waals surface area contributed by atoms with Crippen LogP contribution in [0.25, 0.3) is 0 Å². The van der Waals surface area contributed by atoms with Crippen LogP contribution in [0.15, 0.2) is 0 Å². The lowest BCUT2D eigenvalue weighted by molar-refractivity contribution is -0.162. The highest BCUT2D eigenvalue weighted by atomic mass is 16.5. The van der Waals surface area contributed by atoms with Crippen LogP contribution in [0.1, 0.15) is 58.8 Å². The van der Waals surface area contributed by atoms with Gasteiger partial charge < -0.3 is 10.1 Å². The van der Waals surface area contributed by atoms with E-state index < -0.39 is 0 Å². The number of esters is 1.